The van der Waals surface area contributed by atoms with Gasteiger partial charge in [-0.25, -0.2) is 9.50 Å². The molecule has 0 unspecified atom stereocenters. The van der Waals surface area contributed by atoms with Crippen LogP contribution in [0.2, 0.25) is 0 Å². The van der Waals surface area contributed by atoms with Gasteiger partial charge in [-0.15, -0.1) is 0 Å². The molecule has 0 saturated heterocycles. The highest BCUT2D eigenvalue weighted by molar-refractivity contribution is 6.03. The summed E-state index contributed by atoms with van der Waals surface area (Å²) in [7, 11) is 0. The number of benzene rings is 1. The van der Waals surface area contributed by atoms with Crippen molar-refractivity contribution >= 4 is 17.2 Å². The molecule has 0 fully saturated rings. The van der Waals surface area contributed by atoms with E-state index >= 15 is 0 Å². The van der Waals surface area contributed by atoms with Crippen LogP contribution in [-0.2, 0) is 0 Å². The van der Waals surface area contributed by atoms with Crippen LogP contribution >= 0.6 is 0 Å². The summed E-state index contributed by atoms with van der Waals surface area (Å²) in [4.78, 5) is 16.4. The fraction of sp³-hybridized carbons (Fsp3) is 0.0714. The van der Waals surface area contributed by atoms with Gasteiger partial charge in [0.15, 0.2) is 5.65 Å². The van der Waals surface area contributed by atoms with Crippen LogP contribution in [0.1, 0.15) is 16.2 Å². The molecule has 2 heterocycles. The molecular formula is C14H12N4O. The smallest absolute Gasteiger partial charge is 0.274 e. The Balaban J connectivity index is 1.93. The second-order valence-corrected chi connectivity index (χ2v) is 4.20. The number of nitrogens with one attached hydrogen (secondary N) is 1. The van der Waals surface area contributed by atoms with E-state index in [1.807, 2.05) is 37.3 Å². The lowest BCUT2D eigenvalue weighted by molar-refractivity contribution is 0.102. The number of hydrogen-bond acceptors (Lipinski definition) is 3. The molecule has 1 N–H and O–H groups in total. The lowest BCUT2D eigenvalue weighted by atomic mass is 10.3. The van der Waals surface area contributed by atoms with Crippen LogP contribution < -0.4 is 5.32 Å². The van der Waals surface area contributed by atoms with E-state index in [0.29, 0.717) is 11.3 Å². The minimum atomic E-state index is -0.224. The summed E-state index contributed by atoms with van der Waals surface area (Å²) in [5.41, 5.74) is 2.67. The number of hydrogen-bond donors (Lipinski definition) is 1. The third kappa shape index (κ3) is 2.18. The molecule has 2 aromatic heterocycles. The van der Waals surface area contributed by atoms with E-state index in [2.05, 4.69) is 15.4 Å². The van der Waals surface area contributed by atoms with Gasteiger partial charge in [0.05, 0.1) is 6.20 Å². The van der Waals surface area contributed by atoms with Crippen molar-refractivity contribution in [3.8, 4) is 0 Å². The lowest BCUT2D eigenvalue weighted by Gasteiger charge is -2.06. The topological polar surface area (TPSA) is 59.3 Å². The summed E-state index contributed by atoms with van der Waals surface area (Å²) < 4.78 is 1.69. The van der Waals surface area contributed by atoms with Gasteiger partial charge >= 0.3 is 0 Å². The summed E-state index contributed by atoms with van der Waals surface area (Å²) in [6.45, 7) is 1.89. The number of nitrogens with zero attached hydrogens (tertiary/aromatic N) is 3. The van der Waals surface area contributed by atoms with Gasteiger partial charge in [0, 0.05) is 17.4 Å². The zero-order chi connectivity index (χ0) is 13.2. The number of anilines is 1. The largest absolute Gasteiger partial charge is 0.321 e. The zero-order valence-electron chi connectivity index (χ0n) is 10.4. The molecular weight excluding hydrogens is 240 g/mol. The molecule has 0 atom stereocenters. The summed E-state index contributed by atoms with van der Waals surface area (Å²) in [6.07, 6.45) is 1.66. The highest BCUT2D eigenvalue weighted by Crippen LogP contribution is 2.10. The van der Waals surface area contributed by atoms with Gasteiger partial charge in [-0.2, -0.15) is 5.10 Å². The van der Waals surface area contributed by atoms with Gasteiger partial charge in [0.1, 0.15) is 5.69 Å². The summed E-state index contributed by atoms with van der Waals surface area (Å²) >= 11 is 0. The number of amides is 1. The Morgan fingerprint density at radius 1 is 1.21 bits per heavy atom. The number of carbonyl (C=O) groups excluding carboxylic acids is 1. The maximum atomic E-state index is 12.1. The van der Waals surface area contributed by atoms with Crippen molar-refractivity contribution in [1.29, 1.82) is 0 Å². The van der Waals surface area contributed by atoms with Crippen molar-refractivity contribution in [2.24, 2.45) is 0 Å². The highest BCUT2D eigenvalue weighted by Gasteiger charge is 2.10. The normalized spacial score (nSPS) is 10.6. The molecule has 3 rings (SSSR count). The first kappa shape index (κ1) is 11.4. The molecule has 94 valence electrons. The van der Waals surface area contributed by atoms with E-state index in [-0.39, 0.29) is 5.91 Å². The van der Waals surface area contributed by atoms with E-state index in [0.717, 1.165) is 11.4 Å². The number of carbonyl (C=O) groups is 1. The predicted octanol–water partition coefficient (Wildman–Crippen LogP) is 2.29. The van der Waals surface area contributed by atoms with Crippen LogP contribution in [-0.4, -0.2) is 20.5 Å². The Kier molecular flexibility index (Phi) is 2.72. The molecule has 5 nitrogen and oxygen atoms in total. The fourth-order valence-electron chi connectivity index (χ4n) is 1.90. The summed E-state index contributed by atoms with van der Waals surface area (Å²) in [5, 5.41) is 6.94. The Hall–Kier alpha value is -2.69. The van der Waals surface area contributed by atoms with E-state index < -0.39 is 0 Å². The molecule has 0 aliphatic heterocycles. The average Bonchev–Trinajstić information content (AvgIpc) is 2.88. The van der Waals surface area contributed by atoms with E-state index in [9.17, 15) is 4.79 Å². The molecule has 0 saturated carbocycles. The molecule has 1 aromatic carbocycles. The van der Waals surface area contributed by atoms with Crippen LogP contribution in [0.15, 0.2) is 48.7 Å². The number of rotatable bonds is 2. The SMILES string of the molecule is Cc1cc(C(=O)Nc2ccccc2)nc2ccnn12. The summed E-state index contributed by atoms with van der Waals surface area (Å²) in [5.74, 6) is -0.224. The fourth-order valence-corrected chi connectivity index (χ4v) is 1.90. The number of aryl methyl sites for hydroxylation is 1. The van der Waals surface area contributed by atoms with Gasteiger partial charge in [-0.1, -0.05) is 18.2 Å². The molecule has 5 heteroatoms. The molecule has 0 aliphatic carbocycles. The van der Waals surface area contributed by atoms with Gasteiger partial charge in [-0.3, -0.25) is 4.79 Å². The van der Waals surface area contributed by atoms with Crippen LogP contribution in [0.25, 0.3) is 5.65 Å². The maximum Gasteiger partial charge on any atom is 0.274 e. The standard InChI is InChI=1S/C14H12N4O/c1-10-9-12(17-13-7-8-15-18(10)13)14(19)16-11-5-3-2-4-6-11/h2-9H,1H3,(H,16,19). The Bertz CT molecular complexity index is 734. The molecule has 19 heavy (non-hydrogen) atoms. The van der Waals surface area contributed by atoms with Gasteiger partial charge < -0.3 is 5.32 Å². The first-order valence-corrected chi connectivity index (χ1v) is 5.92. The monoisotopic (exact) mass is 252 g/mol. The highest BCUT2D eigenvalue weighted by atomic mass is 16.1. The average molecular weight is 252 g/mol. The molecule has 0 aliphatic rings. The molecule has 3 aromatic rings. The Morgan fingerprint density at radius 2 is 2.00 bits per heavy atom. The van der Waals surface area contributed by atoms with Gasteiger partial charge in [-0.05, 0) is 25.1 Å². The van der Waals surface area contributed by atoms with Crippen molar-refractivity contribution in [3.63, 3.8) is 0 Å². The van der Waals surface area contributed by atoms with Crippen molar-refractivity contribution in [2.75, 3.05) is 5.32 Å². The third-order valence-electron chi connectivity index (χ3n) is 2.80. The lowest BCUT2D eigenvalue weighted by Crippen LogP contribution is -2.15. The minimum absolute atomic E-state index is 0.224. The third-order valence-corrected chi connectivity index (χ3v) is 2.80. The maximum absolute atomic E-state index is 12.1. The molecule has 0 radical (unpaired) electrons. The van der Waals surface area contributed by atoms with Gasteiger partial charge in [0.25, 0.3) is 5.91 Å². The quantitative estimate of drug-likeness (QED) is 0.761. The molecule has 1 amide bonds. The number of aromatic nitrogens is 3. The molecule has 0 bridgehead atoms. The number of para-hydroxylation sites is 1. The predicted molar refractivity (Wildman–Crippen MR) is 72.1 cm³/mol. The second-order valence-electron chi connectivity index (χ2n) is 4.20. The van der Waals surface area contributed by atoms with E-state index in [4.69, 9.17) is 0 Å². The van der Waals surface area contributed by atoms with Crippen LogP contribution in [0, 0.1) is 6.92 Å². The van der Waals surface area contributed by atoms with Crippen LogP contribution in [0.4, 0.5) is 5.69 Å². The van der Waals surface area contributed by atoms with Crippen LogP contribution in [0.5, 0.6) is 0 Å². The first-order valence-electron chi connectivity index (χ1n) is 5.92. The minimum Gasteiger partial charge on any atom is -0.321 e. The summed E-state index contributed by atoms with van der Waals surface area (Å²) in [6, 6.07) is 12.8. The van der Waals surface area contributed by atoms with Gasteiger partial charge in [0.2, 0.25) is 0 Å². The Labute approximate surface area is 109 Å². The zero-order valence-corrected chi connectivity index (χ0v) is 10.4. The van der Waals surface area contributed by atoms with Crippen molar-refractivity contribution in [1.82, 2.24) is 14.6 Å². The van der Waals surface area contributed by atoms with E-state index in [1.165, 1.54) is 0 Å². The van der Waals surface area contributed by atoms with Crippen LogP contribution in [0.3, 0.4) is 0 Å². The van der Waals surface area contributed by atoms with Crippen molar-refractivity contribution in [2.45, 2.75) is 6.92 Å². The van der Waals surface area contributed by atoms with Crippen molar-refractivity contribution < 1.29 is 4.79 Å². The Morgan fingerprint density at radius 3 is 2.79 bits per heavy atom. The first-order chi connectivity index (χ1) is 9.24. The van der Waals surface area contributed by atoms with E-state index in [1.54, 1.807) is 22.8 Å². The second kappa shape index (κ2) is 4.53. The van der Waals surface area contributed by atoms with Crippen molar-refractivity contribution in [3.05, 3.63) is 60.0 Å². The number of fused-ring (bicyclic) bond motifs is 1. The molecule has 0 spiro atoms.